The highest BCUT2D eigenvalue weighted by Crippen LogP contribution is 2.37. The normalized spacial score (nSPS) is 16.4. The van der Waals surface area contributed by atoms with Crippen molar-refractivity contribution in [1.82, 2.24) is 10.4 Å². The van der Waals surface area contributed by atoms with Gasteiger partial charge in [0.25, 0.3) is 11.8 Å². The molecule has 0 atom stereocenters. The lowest BCUT2D eigenvalue weighted by molar-refractivity contribution is -0.105. The number of benzene rings is 2. The number of hydrogen-bond acceptors (Lipinski definition) is 7. The minimum absolute atomic E-state index is 0.340. The molecule has 2 amide bonds. The van der Waals surface area contributed by atoms with Gasteiger partial charge in [0, 0.05) is 36.5 Å². The second-order valence-corrected chi connectivity index (χ2v) is 11.6. The van der Waals surface area contributed by atoms with E-state index in [-0.39, 0.29) is 0 Å². The Morgan fingerprint density at radius 1 is 0.974 bits per heavy atom. The maximum absolute atomic E-state index is 14.0. The van der Waals surface area contributed by atoms with Crippen LogP contribution in [0.3, 0.4) is 0 Å². The molecule has 10 heteroatoms. The van der Waals surface area contributed by atoms with E-state index in [4.69, 9.17) is 23.5 Å². The van der Waals surface area contributed by atoms with Gasteiger partial charge in [-0.3, -0.25) is 15.0 Å². The van der Waals surface area contributed by atoms with Crippen LogP contribution in [0.25, 0.3) is 0 Å². The summed E-state index contributed by atoms with van der Waals surface area (Å²) in [6, 6.07) is 10.4. The second-order valence-electron chi connectivity index (χ2n) is 11.6. The van der Waals surface area contributed by atoms with Crippen LogP contribution in [-0.2, 0) is 18.8 Å². The minimum atomic E-state index is -0.761. The minimum Gasteiger partial charge on any atom is -0.496 e. The average molecular weight is 540 g/mol. The summed E-state index contributed by atoms with van der Waals surface area (Å²) >= 11 is 0. The summed E-state index contributed by atoms with van der Waals surface area (Å²) in [5.74, 6) is -0.229. The average Bonchev–Trinajstić information content (AvgIpc) is 3.08. The first-order valence-electron chi connectivity index (χ1n) is 12.9. The number of ether oxygens (including phenoxy) is 3. The largest absolute Gasteiger partial charge is 0.496 e. The highest BCUT2D eigenvalue weighted by atomic mass is 16.7. The molecule has 3 rings (SSSR count). The van der Waals surface area contributed by atoms with Crippen molar-refractivity contribution in [3.05, 3.63) is 58.7 Å². The van der Waals surface area contributed by atoms with Crippen molar-refractivity contribution in [2.75, 3.05) is 21.3 Å². The third kappa shape index (κ3) is 6.14. The number of nitrogens with zero attached hydrogens (tertiary/aromatic N) is 1. The smallest absolute Gasteiger partial charge is 0.495 e. The van der Waals surface area contributed by atoms with Gasteiger partial charge in [-0.25, -0.2) is 5.01 Å². The Morgan fingerprint density at radius 3 is 2.08 bits per heavy atom. The van der Waals surface area contributed by atoms with Gasteiger partial charge in [-0.2, -0.15) is 0 Å². The third-order valence-corrected chi connectivity index (χ3v) is 7.36. The number of rotatable bonds is 7. The quantitative estimate of drug-likeness (QED) is 0.320. The van der Waals surface area contributed by atoms with E-state index in [1.54, 1.807) is 64.7 Å². The summed E-state index contributed by atoms with van der Waals surface area (Å²) in [6.45, 7) is 15.2. The molecule has 1 N–H and O–H groups in total. The molecule has 2 aromatic carbocycles. The van der Waals surface area contributed by atoms with E-state index < -0.39 is 42.0 Å². The van der Waals surface area contributed by atoms with Crippen molar-refractivity contribution in [2.45, 2.75) is 78.4 Å². The van der Waals surface area contributed by atoms with Gasteiger partial charge >= 0.3 is 7.12 Å². The molecule has 212 valence electrons. The Morgan fingerprint density at radius 2 is 1.56 bits per heavy atom. The van der Waals surface area contributed by atoms with Crippen molar-refractivity contribution in [3.63, 3.8) is 0 Å². The molecule has 1 heterocycles. The van der Waals surface area contributed by atoms with E-state index in [0.717, 1.165) is 0 Å². The number of nitrogens with one attached hydrogen (secondary N) is 1. The molecule has 0 aliphatic carbocycles. The SMILES string of the molecule is COc1cccc(C(=O)NN(C(=O)c2ccc(C(OC)OC)c(B3OC(C)(C)C(C)(C)O3)c2)C(C)(C)C)c1C. The van der Waals surface area contributed by atoms with Gasteiger partial charge in [0.2, 0.25) is 0 Å². The van der Waals surface area contributed by atoms with Crippen LogP contribution < -0.4 is 15.6 Å². The van der Waals surface area contributed by atoms with E-state index in [2.05, 4.69) is 5.43 Å². The molecule has 1 saturated heterocycles. The first-order valence-corrected chi connectivity index (χ1v) is 12.9. The molecule has 39 heavy (non-hydrogen) atoms. The van der Waals surface area contributed by atoms with Crippen molar-refractivity contribution >= 4 is 24.4 Å². The predicted molar refractivity (Wildman–Crippen MR) is 150 cm³/mol. The topological polar surface area (TPSA) is 95.6 Å². The summed E-state index contributed by atoms with van der Waals surface area (Å²) in [6.07, 6.45) is -0.697. The van der Waals surface area contributed by atoms with Gasteiger partial charge in [-0.05, 0) is 85.1 Å². The summed E-state index contributed by atoms with van der Waals surface area (Å²) in [7, 11) is 3.87. The van der Waals surface area contributed by atoms with Gasteiger partial charge in [0.15, 0.2) is 6.29 Å². The standard InChI is InChI=1S/C29H41BN2O7/c1-18-20(13-12-14-23(18)35-9)24(33)31-32(27(2,3)4)25(34)19-15-16-21(26(36-10)37-11)22(17-19)30-38-28(5,6)29(7,8)39-30/h12-17,26H,1-11H3,(H,31,33). The van der Waals surface area contributed by atoms with Crippen molar-refractivity contribution in [2.24, 2.45) is 0 Å². The molecule has 1 aliphatic heterocycles. The Bertz CT molecular complexity index is 1200. The molecule has 0 radical (unpaired) electrons. The monoisotopic (exact) mass is 540 g/mol. The van der Waals surface area contributed by atoms with Crippen molar-refractivity contribution in [3.8, 4) is 5.75 Å². The highest BCUT2D eigenvalue weighted by molar-refractivity contribution is 6.62. The summed E-state index contributed by atoms with van der Waals surface area (Å²) in [4.78, 5) is 27.3. The zero-order valence-corrected chi connectivity index (χ0v) is 24.9. The van der Waals surface area contributed by atoms with Gasteiger partial charge in [0.1, 0.15) is 5.75 Å². The van der Waals surface area contributed by atoms with Crippen LogP contribution >= 0.6 is 0 Å². The van der Waals surface area contributed by atoms with Crippen LogP contribution in [0.1, 0.15) is 86.6 Å². The van der Waals surface area contributed by atoms with E-state index in [9.17, 15) is 9.59 Å². The number of carbonyl (C=O) groups is 2. The van der Waals surface area contributed by atoms with Crippen LogP contribution in [0, 0.1) is 6.92 Å². The Kier molecular flexibility index (Phi) is 8.87. The molecular weight excluding hydrogens is 499 g/mol. The van der Waals surface area contributed by atoms with Gasteiger partial charge in [0.05, 0.1) is 23.9 Å². The lowest BCUT2D eigenvalue weighted by atomic mass is 9.74. The molecule has 1 fully saturated rings. The van der Waals surface area contributed by atoms with E-state index in [1.165, 1.54) is 5.01 Å². The van der Waals surface area contributed by atoms with E-state index in [0.29, 0.717) is 33.5 Å². The predicted octanol–water partition coefficient (Wildman–Crippen LogP) is 4.18. The third-order valence-electron chi connectivity index (χ3n) is 7.36. The zero-order valence-electron chi connectivity index (χ0n) is 24.9. The fraction of sp³-hybridized carbons (Fsp3) is 0.517. The fourth-order valence-corrected chi connectivity index (χ4v) is 4.34. The molecule has 9 nitrogen and oxygen atoms in total. The Labute approximate surface area is 232 Å². The number of hydrazine groups is 1. The Balaban J connectivity index is 2.04. The maximum atomic E-state index is 14.0. The molecular formula is C29H41BN2O7. The van der Waals surface area contributed by atoms with Gasteiger partial charge in [-0.1, -0.05) is 12.1 Å². The fourth-order valence-electron chi connectivity index (χ4n) is 4.34. The zero-order chi connectivity index (χ0) is 29.3. The van der Waals surface area contributed by atoms with Gasteiger partial charge in [-0.15, -0.1) is 0 Å². The molecule has 2 aromatic rings. The molecule has 0 bridgehead atoms. The van der Waals surface area contributed by atoms with Gasteiger partial charge < -0.3 is 23.5 Å². The van der Waals surface area contributed by atoms with Crippen LogP contribution in [0.2, 0.25) is 0 Å². The number of hydrogen-bond donors (Lipinski definition) is 1. The highest BCUT2D eigenvalue weighted by Gasteiger charge is 2.52. The maximum Gasteiger partial charge on any atom is 0.495 e. The summed E-state index contributed by atoms with van der Waals surface area (Å²) < 4.78 is 29.0. The summed E-state index contributed by atoms with van der Waals surface area (Å²) in [5.41, 5.74) is 3.59. The lowest BCUT2D eigenvalue weighted by Crippen LogP contribution is -2.56. The van der Waals surface area contributed by atoms with Crippen LogP contribution in [0.4, 0.5) is 0 Å². The number of carbonyl (C=O) groups excluding carboxylic acids is 2. The second kappa shape index (κ2) is 11.3. The van der Waals surface area contributed by atoms with Crippen molar-refractivity contribution in [1.29, 1.82) is 0 Å². The van der Waals surface area contributed by atoms with Crippen LogP contribution in [0.5, 0.6) is 5.75 Å². The van der Waals surface area contributed by atoms with E-state index >= 15 is 0 Å². The number of amides is 2. The molecule has 0 spiro atoms. The first-order chi connectivity index (χ1) is 18.1. The number of methoxy groups -OCH3 is 3. The Hall–Kier alpha value is -2.92. The molecule has 1 aliphatic rings. The summed E-state index contributed by atoms with van der Waals surface area (Å²) in [5, 5.41) is 1.33. The molecule has 0 aromatic heterocycles. The molecule has 0 saturated carbocycles. The van der Waals surface area contributed by atoms with E-state index in [1.807, 2.05) is 48.5 Å². The molecule has 0 unspecified atom stereocenters. The van der Waals surface area contributed by atoms with Crippen LogP contribution in [-0.4, -0.2) is 62.0 Å². The van der Waals surface area contributed by atoms with Crippen molar-refractivity contribution < 1.29 is 33.1 Å². The lowest BCUT2D eigenvalue weighted by Gasteiger charge is -2.36. The first kappa shape index (κ1) is 30.6. The van der Waals surface area contributed by atoms with Crippen LogP contribution in [0.15, 0.2) is 36.4 Å².